The lowest BCUT2D eigenvalue weighted by Gasteiger charge is -2.25. The molecule has 0 unspecified atom stereocenters. The van der Waals surface area contributed by atoms with Crippen LogP contribution in [0.3, 0.4) is 0 Å². The minimum absolute atomic E-state index is 0.0145. The molecular weight excluding hydrogens is 622 g/mol. The van der Waals surface area contributed by atoms with Crippen molar-refractivity contribution in [1.82, 2.24) is 4.57 Å². The van der Waals surface area contributed by atoms with Crippen molar-refractivity contribution >= 4 is 29.1 Å². The number of benzene rings is 4. The number of ether oxygens (including phenoxy) is 3. The van der Waals surface area contributed by atoms with Crippen LogP contribution in [0.4, 0.5) is 8.78 Å². The Bertz CT molecular complexity index is 2140. The second-order valence-electron chi connectivity index (χ2n) is 10.5. The van der Waals surface area contributed by atoms with Crippen molar-refractivity contribution in [3.63, 3.8) is 0 Å². The van der Waals surface area contributed by atoms with Crippen LogP contribution in [0.1, 0.15) is 42.1 Å². The molecule has 0 saturated carbocycles. The van der Waals surface area contributed by atoms with Crippen LogP contribution in [0.2, 0.25) is 0 Å². The number of aromatic nitrogens is 1. The van der Waals surface area contributed by atoms with Gasteiger partial charge in [0, 0.05) is 11.1 Å². The summed E-state index contributed by atoms with van der Waals surface area (Å²) in [6, 6.07) is 25.6. The Morgan fingerprint density at radius 3 is 2.36 bits per heavy atom. The Morgan fingerprint density at radius 1 is 0.894 bits per heavy atom. The average molecular weight is 653 g/mol. The van der Waals surface area contributed by atoms with Crippen LogP contribution in [0.15, 0.2) is 112 Å². The summed E-state index contributed by atoms with van der Waals surface area (Å²) < 4.78 is 47.2. The Balaban J connectivity index is 1.48. The SMILES string of the molecule is CCOC(=O)C1=C(c2ccccc2)N=c2s/c(=C\c3ccc(OCc4ccccc4F)c(OCC)c3)c(=O)n2[C@H]1c1ccc(F)cc1. The van der Waals surface area contributed by atoms with Gasteiger partial charge >= 0.3 is 5.97 Å². The summed E-state index contributed by atoms with van der Waals surface area (Å²) in [4.78, 5) is 32.9. The van der Waals surface area contributed by atoms with Gasteiger partial charge in [0.15, 0.2) is 16.3 Å². The van der Waals surface area contributed by atoms with Crippen molar-refractivity contribution in [3.8, 4) is 11.5 Å². The molecule has 0 fully saturated rings. The molecule has 10 heteroatoms. The van der Waals surface area contributed by atoms with E-state index >= 15 is 0 Å². The van der Waals surface area contributed by atoms with Crippen LogP contribution in [-0.4, -0.2) is 23.8 Å². The highest BCUT2D eigenvalue weighted by molar-refractivity contribution is 7.07. The third-order valence-electron chi connectivity index (χ3n) is 7.47. The Morgan fingerprint density at radius 2 is 1.64 bits per heavy atom. The number of esters is 1. The van der Waals surface area contributed by atoms with Gasteiger partial charge < -0.3 is 14.2 Å². The predicted octanol–water partition coefficient (Wildman–Crippen LogP) is 6.19. The molecule has 1 aliphatic rings. The summed E-state index contributed by atoms with van der Waals surface area (Å²) in [5, 5.41) is 0. The molecule has 47 heavy (non-hydrogen) atoms. The van der Waals surface area contributed by atoms with E-state index in [1.165, 1.54) is 34.1 Å². The normalized spacial score (nSPS) is 14.4. The fourth-order valence-corrected chi connectivity index (χ4v) is 6.33. The zero-order valence-corrected chi connectivity index (χ0v) is 26.4. The van der Waals surface area contributed by atoms with E-state index in [0.717, 1.165) is 0 Å². The standard InChI is InChI=1S/C37H30F2N2O5S/c1-3-44-30-20-23(14-19-29(30)46-22-26-12-8-9-13-28(26)39)21-31-35(42)41-34(25-15-17-27(38)18-16-25)32(36(43)45-4-2)33(40-37(41)47-31)24-10-6-5-7-11-24/h5-21,34H,3-4,22H2,1-2H3/b31-21-/t34-/m0/s1. The van der Waals surface area contributed by atoms with Gasteiger partial charge in [0.1, 0.15) is 18.2 Å². The van der Waals surface area contributed by atoms with E-state index in [1.807, 2.05) is 37.3 Å². The number of fused-ring (bicyclic) bond motifs is 1. The maximum atomic E-state index is 14.2. The van der Waals surface area contributed by atoms with Gasteiger partial charge in [-0.05, 0) is 61.4 Å². The molecule has 0 radical (unpaired) electrons. The summed E-state index contributed by atoms with van der Waals surface area (Å²) in [6.07, 6.45) is 1.71. The van der Waals surface area contributed by atoms with Crippen LogP contribution in [-0.2, 0) is 16.1 Å². The van der Waals surface area contributed by atoms with E-state index in [4.69, 9.17) is 19.2 Å². The first-order valence-electron chi connectivity index (χ1n) is 15.0. The second-order valence-corrected chi connectivity index (χ2v) is 11.5. The Hall–Kier alpha value is -5.35. The monoisotopic (exact) mass is 652 g/mol. The van der Waals surface area contributed by atoms with Crippen LogP contribution in [0.25, 0.3) is 11.8 Å². The molecule has 2 heterocycles. The van der Waals surface area contributed by atoms with Crippen LogP contribution >= 0.6 is 11.3 Å². The van der Waals surface area contributed by atoms with Crippen molar-refractivity contribution in [2.45, 2.75) is 26.5 Å². The van der Waals surface area contributed by atoms with Crippen LogP contribution < -0.4 is 24.4 Å². The van der Waals surface area contributed by atoms with Crippen molar-refractivity contribution in [1.29, 1.82) is 0 Å². The number of carbonyl (C=O) groups excluding carboxylic acids is 1. The molecular formula is C37H30F2N2O5S. The first-order valence-corrected chi connectivity index (χ1v) is 15.9. The van der Waals surface area contributed by atoms with Crippen molar-refractivity contribution in [2.24, 2.45) is 4.99 Å². The molecule has 0 N–H and O–H groups in total. The van der Waals surface area contributed by atoms with Crippen molar-refractivity contribution < 1.29 is 27.8 Å². The highest BCUT2D eigenvalue weighted by Crippen LogP contribution is 2.35. The first-order chi connectivity index (χ1) is 22.9. The van der Waals surface area contributed by atoms with E-state index < -0.39 is 17.8 Å². The van der Waals surface area contributed by atoms with Crippen molar-refractivity contribution in [3.05, 3.63) is 156 Å². The quantitative estimate of drug-likeness (QED) is 0.168. The maximum absolute atomic E-state index is 14.2. The summed E-state index contributed by atoms with van der Waals surface area (Å²) in [6.45, 7) is 4.04. The minimum Gasteiger partial charge on any atom is -0.490 e. The molecule has 0 spiro atoms. The third-order valence-corrected chi connectivity index (χ3v) is 8.45. The number of rotatable bonds is 10. The predicted molar refractivity (Wildman–Crippen MR) is 176 cm³/mol. The zero-order chi connectivity index (χ0) is 32.9. The first kappa shape index (κ1) is 31.6. The molecule has 5 aromatic rings. The molecule has 0 aliphatic carbocycles. The molecule has 0 bridgehead atoms. The van der Waals surface area contributed by atoms with Crippen LogP contribution in [0.5, 0.6) is 11.5 Å². The summed E-state index contributed by atoms with van der Waals surface area (Å²) >= 11 is 1.17. The summed E-state index contributed by atoms with van der Waals surface area (Å²) in [7, 11) is 0. The van der Waals surface area contributed by atoms with Gasteiger partial charge in [0.25, 0.3) is 5.56 Å². The molecule has 4 aromatic carbocycles. The third kappa shape index (κ3) is 6.64. The molecule has 1 aliphatic heterocycles. The number of carbonyl (C=O) groups is 1. The van der Waals surface area contributed by atoms with Crippen molar-refractivity contribution in [2.75, 3.05) is 13.2 Å². The van der Waals surface area contributed by atoms with Gasteiger partial charge in [-0.3, -0.25) is 9.36 Å². The van der Waals surface area contributed by atoms with E-state index in [-0.39, 0.29) is 30.2 Å². The lowest BCUT2D eigenvalue weighted by molar-refractivity contribution is -0.138. The van der Waals surface area contributed by atoms with Gasteiger partial charge in [-0.2, -0.15) is 0 Å². The fourth-order valence-electron chi connectivity index (χ4n) is 5.33. The van der Waals surface area contributed by atoms with E-state index in [9.17, 15) is 18.4 Å². The molecule has 6 rings (SSSR count). The van der Waals surface area contributed by atoms with E-state index in [0.29, 0.717) is 55.4 Å². The lowest BCUT2D eigenvalue weighted by atomic mass is 9.93. The number of halogens is 2. The Kier molecular flexibility index (Phi) is 9.40. The van der Waals surface area contributed by atoms with Gasteiger partial charge in [-0.25, -0.2) is 18.6 Å². The summed E-state index contributed by atoms with van der Waals surface area (Å²) in [5.41, 5.74) is 2.44. The fraction of sp³-hybridized carbons (Fsp3) is 0.162. The van der Waals surface area contributed by atoms with Gasteiger partial charge in [0.2, 0.25) is 0 Å². The largest absolute Gasteiger partial charge is 0.490 e. The van der Waals surface area contributed by atoms with E-state index in [2.05, 4.69) is 0 Å². The Labute approximate surface area is 273 Å². The molecule has 238 valence electrons. The maximum Gasteiger partial charge on any atom is 0.338 e. The molecule has 7 nitrogen and oxygen atoms in total. The second kappa shape index (κ2) is 14.0. The molecule has 0 saturated heterocycles. The molecule has 1 atom stereocenters. The zero-order valence-electron chi connectivity index (χ0n) is 25.6. The molecule has 0 amide bonds. The highest BCUT2D eigenvalue weighted by Gasteiger charge is 2.35. The topological polar surface area (TPSA) is 79.1 Å². The average Bonchev–Trinajstić information content (AvgIpc) is 3.39. The van der Waals surface area contributed by atoms with Crippen LogP contribution in [0, 0.1) is 11.6 Å². The number of nitrogens with zero attached hydrogens (tertiary/aromatic N) is 2. The number of hydrogen-bond acceptors (Lipinski definition) is 7. The van der Waals surface area contributed by atoms with Gasteiger partial charge in [-0.15, -0.1) is 0 Å². The van der Waals surface area contributed by atoms with E-state index in [1.54, 1.807) is 61.5 Å². The smallest absolute Gasteiger partial charge is 0.338 e. The summed E-state index contributed by atoms with van der Waals surface area (Å²) in [5.74, 6) is -0.566. The number of hydrogen-bond donors (Lipinski definition) is 0. The minimum atomic E-state index is -0.920. The van der Waals surface area contributed by atoms with Gasteiger partial charge in [0.05, 0.1) is 35.1 Å². The lowest BCUT2D eigenvalue weighted by Crippen LogP contribution is -2.40. The molecule has 1 aromatic heterocycles. The highest BCUT2D eigenvalue weighted by atomic mass is 32.1. The number of thiazole rings is 1. The van der Waals surface area contributed by atoms with Gasteiger partial charge in [-0.1, -0.05) is 78.1 Å².